The Balaban J connectivity index is 4.94. The molecule has 0 saturated carbocycles. The van der Waals surface area contributed by atoms with Crippen LogP contribution in [0.15, 0.2) is 0 Å². The molecule has 106 valence electrons. The maximum absolute atomic E-state index is 12.3. The van der Waals surface area contributed by atoms with E-state index < -0.39 is 11.4 Å². The highest BCUT2D eigenvalue weighted by Gasteiger charge is 2.40. The maximum atomic E-state index is 12.3. The number of hydrogen-bond donors (Lipinski definition) is 1. The molecule has 0 aliphatic carbocycles. The van der Waals surface area contributed by atoms with Crippen molar-refractivity contribution >= 4 is 11.9 Å². The number of carbonyl (C=O) groups excluding carboxylic acids is 1. The molecule has 0 aliphatic heterocycles. The fourth-order valence-corrected chi connectivity index (χ4v) is 1.85. The molecule has 0 rings (SSSR count). The van der Waals surface area contributed by atoms with E-state index in [-0.39, 0.29) is 24.3 Å². The number of carboxylic acids is 1. The molecule has 0 fully saturated rings. The van der Waals surface area contributed by atoms with Crippen molar-refractivity contribution in [1.82, 2.24) is 4.90 Å². The van der Waals surface area contributed by atoms with E-state index >= 15 is 0 Å². The summed E-state index contributed by atoms with van der Waals surface area (Å²) in [4.78, 5) is 25.4. The van der Waals surface area contributed by atoms with Gasteiger partial charge in [-0.3, -0.25) is 9.59 Å². The summed E-state index contributed by atoms with van der Waals surface area (Å²) in [5.41, 5.74) is -0.988. The summed E-state index contributed by atoms with van der Waals surface area (Å²) in [6, 6.07) is 0.114. The van der Waals surface area contributed by atoms with E-state index in [0.29, 0.717) is 6.54 Å². The van der Waals surface area contributed by atoms with E-state index in [1.54, 1.807) is 11.8 Å². The van der Waals surface area contributed by atoms with Gasteiger partial charge in [-0.05, 0) is 33.1 Å². The minimum Gasteiger partial charge on any atom is -0.481 e. The lowest BCUT2D eigenvalue weighted by atomic mass is 9.76. The molecule has 0 saturated heterocycles. The molecule has 0 aromatic rings. The van der Waals surface area contributed by atoms with Crippen LogP contribution in [0.4, 0.5) is 0 Å². The summed E-state index contributed by atoms with van der Waals surface area (Å²) in [5.74, 6) is -1.04. The molecule has 0 bridgehead atoms. The molecule has 0 spiro atoms. The third-order valence-corrected chi connectivity index (χ3v) is 3.69. The fraction of sp³-hybridized carbons (Fsp3) is 0.857. The van der Waals surface area contributed by atoms with Crippen molar-refractivity contribution in [2.45, 2.75) is 60.4 Å². The highest BCUT2D eigenvalue weighted by Crippen LogP contribution is 2.32. The summed E-state index contributed by atoms with van der Waals surface area (Å²) in [5, 5.41) is 9.33. The number of carbonyl (C=O) groups is 2. The molecule has 0 radical (unpaired) electrons. The van der Waals surface area contributed by atoms with Crippen LogP contribution in [0.2, 0.25) is 0 Å². The van der Waals surface area contributed by atoms with E-state index in [1.165, 1.54) is 0 Å². The maximum Gasteiger partial charge on any atom is 0.310 e. The zero-order valence-corrected chi connectivity index (χ0v) is 12.5. The predicted octanol–water partition coefficient (Wildman–Crippen LogP) is 2.77. The van der Waals surface area contributed by atoms with Gasteiger partial charge in [0.15, 0.2) is 0 Å². The molecule has 4 heteroatoms. The average molecular weight is 257 g/mol. The van der Waals surface area contributed by atoms with Gasteiger partial charge in [0.05, 0.1) is 5.41 Å². The number of amides is 1. The van der Waals surface area contributed by atoms with Gasteiger partial charge >= 0.3 is 5.97 Å². The Labute approximate surface area is 110 Å². The van der Waals surface area contributed by atoms with Gasteiger partial charge < -0.3 is 10.0 Å². The first-order valence-electron chi connectivity index (χ1n) is 6.69. The molecule has 1 unspecified atom stereocenters. The van der Waals surface area contributed by atoms with Gasteiger partial charge in [-0.1, -0.05) is 20.8 Å². The Morgan fingerprint density at radius 3 is 2.00 bits per heavy atom. The van der Waals surface area contributed by atoms with Crippen molar-refractivity contribution in [1.29, 1.82) is 0 Å². The van der Waals surface area contributed by atoms with Crippen molar-refractivity contribution in [3.8, 4) is 0 Å². The molecule has 1 atom stereocenters. The summed E-state index contributed by atoms with van der Waals surface area (Å²) >= 11 is 0. The molecular formula is C14H27NO3. The molecular weight excluding hydrogens is 230 g/mol. The lowest BCUT2D eigenvalue weighted by Crippen LogP contribution is -2.43. The van der Waals surface area contributed by atoms with Crippen LogP contribution in [0.1, 0.15) is 54.4 Å². The Morgan fingerprint density at radius 1 is 1.22 bits per heavy atom. The summed E-state index contributed by atoms with van der Waals surface area (Å²) in [7, 11) is 0. The Kier molecular flexibility index (Phi) is 6.36. The SMILES string of the molecule is CCCN(C(=O)CC(C)(C(=O)O)C(C)C)C(C)C. The van der Waals surface area contributed by atoms with E-state index in [0.717, 1.165) is 6.42 Å². The lowest BCUT2D eigenvalue weighted by molar-refractivity contribution is -0.156. The summed E-state index contributed by atoms with van der Waals surface area (Å²) < 4.78 is 0. The highest BCUT2D eigenvalue weighted by molar-refractivity contribution is 5.85. The second kappa shape index (κ2) is 6.76. The van der Waals surface area contributed by atoms with E-state index in [2.05, 4.69) is 0 Å². The van der Waals surface area contributed by atoms with Gasteiger partial charge in [0.25, 0.3) is 0 Å². The first-order chi connectivity index (χ1) is 8.16. The lowest BCUT2D eigenvalue weighted by Gasteiger charge is -2.33. The zero-order chi connectivity index (χ0) is 14.5. The van der Waals surface area contributed by atoms with Gasteiger partial charge in [-0.2, -0.15) is 0 Å². The minimum atomic E-state index is -0.988. The molecule has 0 aliphatic rings. The quantitative estimate of drug-likeness (QED) is 0.763. The predicted molar refractivity (Wildman–Crippen MR) is 72.3 cm³/mol. The van der Waals surface area contributed by atoms with Crippen LogP contribution in [-0.4, -0.2) is 34.5 Å². The first-order valence-corrected chi connectivity index (χ1v) is 6.69. The molecule has 1 N–H and O–H groups in total. The molecule has 4 nitrogen and oxygen atoms in total. The van der Waals surface area contributed by atoms with Crippen molar-refractivity contribution in [3.05, 3.63) is 0 Å². The van der Waals surface area contributed by atoms with Crippen molar-refractivity contribution in [2.75, 3.05) is 6.54 Å². The molecule has 1 amide bonds. The van der Waals surface area contributed by atoms with Crippen molar-refractivity contribution in [3.63, 3.8) is 0 Å². The van der Waals surface area contributed by atoms with Crippen LogP contribution in [0.5, 0.6) is 0 Å². The third kappa shape index (κ3) is 4.00. The molecule has 0 aromatic carbocycles. The normalized spacial score (nSPS) is 14.7. The number of nitrogens with zero attached hydrogens (tertiary/aromatic N) is 1. The number of aliphatic carboxylic acids is 1. The van der Waals surface area contributed by atoms with Gasteiger partial charge in [-0.15, -0.1) is 0 Å². The zero-order valence-electron chi connectivity index (χ0n) is 12.5. The van der Waals surface area contributed by atoms with E-state index in [1.807, 2.05) is 34.6 Å². The standard InChI is InChI=1S/C14H27NO3/c1-7-8-15(11(4)5)12(16)9-14(6,10(2)3)13(17)18/h10-11H,7-9H2,1-6H3,(H,17,18). The Bertz CT molecular complexity index is 299. The minimum absolute atomic E-state index is 0.0644. The Hall–Kier alpha value is -1.06. The van der Waals surface area contributed by atoms with Crippen LogP contribution in [0.25, 0.3) is 0 Å². The molecule has 0 heterocycles. The smallest absolute Gasteiger partial charge is 0.310 e. The monoisotopic (exact) mass is 257 g/mol. The van der Waals surface area contributed by atoms with E-state index in [4.69, 9.17) is 0 Å². The van der Waals surface area contributed by atoms with Gasteiger partial charge in [0.2, 0.25) is 5.91 Å². The van der Waals surface area contributed by atoms with Crippen LogP contribution < -0.4 is 0 Å². The van der Waals surface area contributed by atoms with Gasteiger partial charge in [0, 0.05) is 19.0 Å². The largest absolute Gasteiger partial charge is 0.481 e. The van der Waals surface area contributed by atoms with E-state index in [9.17, 15) is 14.7 Å². The summed E-state index contributed by atoms with van der Waals surface area (Å²) in [6.45, 7) is 12.0. The van der Waals surface area contributed by atoms with Crippen LogP contribution in [-0.2, 0) is 9.59 Å². The Morgan fingerprint density at radius 2 is 1.72 bits per heavy atom. The van der Waals surface area contributed by atoms with Gasteiger partial charge in [-0.25, -0.2) is 0 Å². The first kappa shape index (κ1) is 16.9. The number of carboxylic acid groups (broad SMARTS) is 1. The van der Waals surface area contributed by atoms with Crippen LogP contribution in [0, 0.1) is 11.3 Å². The van der Waals surface area contributed by atoms with Crippen molar-refractivity contribution < 1.29 is 14.7 Å². The number of rotatable bonds is 7. The van der Waals surface area contributed by atoms with Crippen LogP contribution >= 0.6 is 0 Å². The van der Waals surface area contributed by atoms with Gasteiger partial charge in [0.1, 0.15) is 0 Å². The van der Waals surface area contributed by atoms with Crippen molar-refractivity contribution in [2.24, 2.45) is 11.3 Å². The fourth-order valence-electron chi connectivity index (χ4n) is 1.85. The molecule has 0 aromatic heterocycles. The average Bonchev–Trinajstić information content (AvgIpc) is 2.24. The third-order valence-electron chi connectivity index (χ3n) is 3.69. The topological polar surface area (TPSA) is 57.6 Å². The van der Waals surface area contributed by atoms with Crippen LogP contribution in [0.3, 0.4) is 0 Å². The second-order valence-corrected chi connectivity index (χ2v) is 5.73. The highest BCUT2D eigenvalue weighted by atomic mass is 16.4. The molecule has 18 heavy (non-hydrogen) atoms. The second-order valence-electron chi connectivity index (χ2n) is 5.73. The summed E-state index contributed by atoms with van der Waals surface area (Å²) in [6.07, 6.45) is 0.952. The number of hydrogen-bond acceptors (Lipinski definition) is 2.